The lowest BCUT2D eigenvalue weighted by atomic mass is 10.2. The van der Waals surface area contributed by atoms with Crippen molar-refractivity contribution < 1.29 is 12.8 Å². The van der Waals surface area contributed by atoms with Crippen molar-refractivity contribution in [2.24, 2.45) is 0 Å². The van der Waals surface area contributed by atoms with Crippen molar-refractivity contribution >= 4 is 27.4 Å². The molecule has 1 N–H and O–H groups in total. The van der Waals surface area contributed by atoms with Crippen molar-refractivity contribution in [1.29, 1.82) is 5.26 Å². The van der Waals surface area contributed by atoms with Gasteiger partial charge < -0.3 is 0 Å². The molecule has 102 valence electrons. The number of hydrogen-bond donors (Lipinski definition) is 1. The van der Waals surface area contributed by atoms with E-state index in [0.29, 0.717) is 0 Å². The van der Waals surface area contributed by atoms with Crippen LogP contribution >= 0.6 is 11.6 Å². The van der Waals surface area contributed by atoms with E-state index in [4.69, 9.17) is 16.9 Å². The van der Waals surface area contributed by atoms with Crippen molar-refractivity contribution in [3.8, 4) is 6.07 Å². The quantitative estimate of drug-likeness (QED) is 0.934. The standard InChI is InChI=1S/C11H6ClFN4O2S/c12-10-5-16-11(6-15-10)17-20(18,19)9-3-1-2-8(13)7(9)4-14/h1-3,5-6H,(H,16,17). The zero-order valence-electron chi connectivity index (χ0n) is 9.71. The minimum atomic E-state index is -4.15. The average molecular weight is 313 g/mol. The second-order valence-corrected chi connectivity index (χ2v) is 5.59. The Labute approximate surface area is 118 Å². The van der Waals surface area contributed by atoms with Gasteiger partial charge in [0.25, 0.3) is 10.0 Å². The molecule has 0 saturated carbocycles. The highest BCUT2D eigenvalue weighted by atomic mass is 35.5. The minimum absolute atomic E-state index is 0.0939. The van der Waals surface area contributed by atoms with Crippen LogP contribution in [0.3, 0.4) is 0 Å². The van der Waals surface area contributed by atoms with Gasteiger partial charge in [0.15, 0.2) is 5.82 Å². The normalized spacial score (nSPS) is 10.8. The van der Waals surface area contributed by atoms with E-state index < -0.39 is 26.3 Å². The Morgan fingerprint density at radius 3 is 2.65 bits per heavy atom. The van der Waals surface area contributed by atoms with E-state index in [0.717, 1.165) is 24.5 Å². The van der Waals surface area contributed by atoms with Crippen LogP contribution in [0.25, 0.3) is 0 Å². The first-order chi connectivity index (χ1) is 9.44. The molecule has 2 aromatic rings. The molecule has 1 aromatic carbocycles. The van der Waals surface area contributed by atoms with Gasteiger partial charge in [-0.2, -0.15) is 5.26 Å². The summed E-state index contributed by atoms with van der Waals surface area (Å²) in [6.45, 7) is 0. The fourth-order valence-corrected chi connectivity index (χ4v) is 2.65. The van der Waals surface area contributed by atoms with Crippen LogP contribution < -0.4 is 4.72 Å². The van der Waals surface area contributed by atoms with Gasteiger partial charge in [-0.15, -0.1) is 0 Å². The summed E-state index contributed by atoms with van der Waals surface area (Å²) in [5, 5.41) is 8.93. The van der Waals surface area contributed by atoms with Crippen LogP contribution in [-0.4, -0.2) is 18.4 Å². The predicted molar refractivity (Wildman–Crippen MR) is 69.0 cm³/mol. The highest BCUT2D eigenvalue weighted by molar-refractivity contribution is 7.92. The molecule has 0 fully saturated rings. The smallest absolute Gasteiger partial charge is 0.262 e. The number of benzene rings is 1. The fraction of sp³-hybridized carbons (Fsp3) is 0. The van der Waals surface area contributed by atoms with Gasteiger partial charge in [0, 0.05) is 0 Å². The third-order valence-electron chi connectivity index (χ3n) is 2.24. The Morgan fingerprint density at radius 2 is 2.05 bits per heavy atom. The molecule has 0 atom stereocenters. The average Bonchev–Trinajstić information content (AvgIpc) is 2.41. The van der Waals surface area contributed by atoms with E-state index >= 15 is 0 Å². The third-order valence-corrected chi connectivity index (χ3v) is 3.83. The van der Waals surface area contributed by atoms with Gasteiger partial charge in [0.2, 0.25) is 0 Å². The molecule has 2 rings (SSSR count). The lowest BCUT2D eigenvalue weighted by Gasteiger charge is -2.08. The first-order valence-electron chi connectivity index (χ1n) is 5.13. The largest absolute Gasteiger partial charge is 0.264 e. The highest BCUT2D eigenvalue weighted by Gasteiger charge is 2.21. The Balaban J connectivity index is 2.44. The Hall–Kier alpha value is -2.24. The molecule has 0 aliphatic carbocycles. The molecule has 1 heterocycles. The number of rotatable bonds is 3. The Bertz CT molecular complexity index is 787. The molecular formula is C11H6ClFN4O2S. The van der Waals surface area contributed by atoms with E-state index in [1.54, 1.807) is 0 Å². The second-order valence-electron chi connectivity index (χ2n) is 3.55. The maximum Gasteiger partial charge on any atom is 0.264 e. The third kappa shape index (κ3) is 2.84. The van der Waals surface area contributed by atoms with E-state index in [-0.39, 0.29) is 11.0 Å². The maximum absolute atomic E-state index is 13.4. The molecular weight excluding hydrogens is 307 g/mol. The van der Waals surface area contributed by atoms with Crippen molar-refractivity contribution in [2.45, 2.75) is 4.90 Å². The summed E-state index contributed by atoms with van der Waals surface area (Å²) in [5.41, 5.74) is -0.568. The highest BCUT2D eigenvalue weighted by Crippen LogP contribution is 2.20. The van der Waals surface area contributed by atoms with Gasteiger partial charge >= 0.3 is 0 Å². The number of sulfonamides is 1. The Morgan fingerprint density at radius 1 is 1.30 bits per heavy atom. The number of nitrogens with one attached hydrogen (secondary N) is 1. The molecule has 0 amide bonds. The van der Waals surface area contributed by atoms with Crippen molar-refractivity contribution in [3.63, 3.8) is 0 Å². The van der Waals surface area contributed by atoms with Gasteiger partial charge in [-0.05, 0) is 12.1 Å². The number of nitrogens with zero attached hydrogens (tertiary/aromatic N) is 3. The first-order valence-corrected chi connectivity index (χ1v) is 6.99. The van der Waals surface area contributed by atoms with Gasteiger partial charge in [0.1, 0.15) is 27.5 Å². The summed E-state index contributed by atoms with van der Waals surface area (Å²) >= 11 is 5.52. The molecule has 0 bridgehead atoms. The zero-order chi connectivity index (χ0) is 14.8. The molecule has 0 unspecified atom stereocenters. The van der Waals surface area contributed by atoms with Crippen LogP contribution in [0.15, 0.2) is 35.5 Å². The van der Waals surface area contributed by atoms with Gasteiger partial charge in [-0.1, -0.05) is 17.7 Å². The van der Waals surface area contributed by atoms with Crippen LogP contribution in [0, 0.1) is 17.1 Å². The van der Waals surface area contributed by atoms with Crippen molar-refractivity contribution in [2.75, 3.05) is 4.72 Å². The second kappa shape index (κ2) is 5.40. The van der Waals surface area contributed by atoms with Gasteiger partial charge in [-0.25, -0.2) is 22.8 Å². The van der Waals surface area contributed by atoms with Crippen molar-refractivity contribution in [1.82, 2.24) is 9.97 Å². The van der Waals surface area contributed by atoms with Crippen molar-refractivity contribution in [3.05, 3.63) is 47.1 Å². The summed E-state index contributed by atoms with van der Waals surface area (Å²) in [6.07, 6.45) is 2.25. The van der Waals surface area contributed by atoms with Crippen LogP contribution in [0.2, 0.25) is 5.15 Å². The zero-order valence-corrected chi connectivity index (χ0v) is 11.3. The van der Waals surface area contributed by atoms with Gasteiger partial charge in [-0.3, -0.25) is 4.72 Å². The molecule has 0 aliphatic heterocycles. The van der Waals surface area contributed by atoms with E-state index in [1.165, 1.54) is 12.1 Å². The lowest BCUT2D eigenvalue weighted by molar-refractivity contribution is 0.593. The van der Waals surface area contributed by atoms with Crippen LogP contribution in [-0.2, 0) is 10.0 Å². The number of nitriles is 1. The van der Waals surface area contributed by atoms with Crippen LogP contribution in [0.1, 0.15) is 5.56 Å². The number of hydrogen-bond acceptors (Lipinski definition) is 5. The SMILES string of the molecule is N#Cc1c(F)cccc1S(=O)(=O)Nc1cnc(Cl)cn1. The van der Waals surface area contributed by atoms with E-state index in [2.05, 4.69) is 14.7 Å². The number of aromatic nitrogens is 2. The van der Waals surface area contributed by atoms with E-state index in [9.17, 15) is 12.8 Å². The number of halogens is 2. The molecule has 6 nitrogen and oxygen atoms in total. The predicted octanol–water partition coefficient (Wildman–Crippen LogP) is 1.94. The first kappa shape index (κ1) is 14.2. The van der Waals surface area contributed by atoms with Crippen LogP contribution in [0.4, 0.5) is 10.2 Å². The summed E-state index contributed by atoms with van der Waals surface area (Å²) in [7, 11) is -4.15. The van der Waals surface area contributed by atoms with Crippen LogP contribution in [0.5, 0.6) is 0 Å². The molecule has 9 heteroatoms. The molecule has 0 spiro atoms. The minimum Gasteiger partial charge on any atom is -0.262 e. The molecule has 1 aromatic heterocycles. The molecule has 0 aliphatic rings. The van der Waals surface area contributed by atoms with E-state index in [1.807, 2.05) is 0 Å². The maximum atomic E-state index is 13.4. The molecule has 20 heavy (non-hydrogen) atoms. The summed E-state index contributed by atoms with van der Waals surface area (Å²) in [6, 6.07) is 4.82. The number of anilines is 1. The monoisotopic (exact) mass is 312 g/mol. The van der Waals surface area contributed by atoms with Gasteiger partial charge in [0.05, 0.1) is 12.4 Å². The molecule has 0 saturated heterocycles. The Kier molecular flexibility index (Phi) is 3.83. The summed E-state index contributed by atoms with van der Waals surface area (Å²) < 4.78 is 39.7. The topological polar surface area (TPSA) is 95.7 Å². The molecule has 0 radical (unpaired) electrons. The summed E-state index contributed by atoms with van der Waals surface area (Å²) in [4.78, 5) is 6.88. The lowest BCUT2D eigenvalue weighted by Crippen LogP contribution is -2.16. The summed E-state index contributed by atoms with van der Waals surface area (Å²) in [5.74, 6) is -1.01. The fourth-order valence-electron chi connectivity index (χ4n) is 1.39.